The number of carboxylic acid groups (broad SMARTS) is 1. The first kappa shape index (κ1) is 13.5. The van der Waals surface area contributed by atoms with Crippen LogP contribution >= 0.6 is 0 Å². The average Bonchev–Trinajstić information content (AvgIpc) is 2.78. The molecule has 0 aromatic carbocycles. The van der Waals surface area contributed by atoms with E-state index in [0.717, 1.165) is 38.9 Å². The Balaban J connectivity index is 2.24. The molecule has 96 valence electrons. The lowest BCUT2D eigenvalue weighted by Crippen LogP contribution is -2.25. The highest BCUT2D eigenvalue weighted by Gasteiger charge is 2.09. The molecule has 1 heterocycles. The van der Waals surface area contributed by atoms with Crippen molar-refractivity contribution in [2.45, 2.75) is 20.3 Å². The Kier molecular flexibility index (Phi) is 5.48. The lowest BCUT2D eigenvalue weighted by molar-refractivity contribution is 0.0690. The Hall–Kier alpha value is -1.56. The predicted molar refractivity (Wildman–Crippen MR) is 64.4 cm³/mol. The van der Waals surface area contributed by atoms with Crippen LogP contribution in [0.15, 0.2) is 10.7 Å². The van der Waals surface area contributed by atoms with Crippen molar-refractivity contribution in [1.82, 2.24) is 9.88 Å². The minimum absolute atomic E-state index is 0.0729. The number of anilines is 1. The van der Waals surface area contributed by atoms with Crippen LogP contribution in [0.5, 0.6) is 0 Å². The van der Waals surface area contributed by atoms with Crippen molar-refractivity contribution >= 4 is 12.0 Å². The molecule has 0 atom stereocenters. The zero-order chi connectivity index (χ0) is 12.7. The number of aromatic carboxylic acids is 1. The third-order valence-corrected chi connectivity index (χ3v) is 2.55. The minimum atomic E-state index is -1.08. The molecule has 0 radical (unpaired) electrons. The molecule has 2 N–H and O–H groups in total. The number of carbonyl (C=O) groups is 1. The van der Waals surface area contributed by atoms with Crippen LogP contribution in [0.3, 0.4) is 0 Å². The Labute approximate surface area is 101 Å². The van der Waals surface area contributed by atoms with Crippen LogP contribution in [0.4, 0.5) is 6.01 Å². The normalized spacial score (nSPS) is 10.8. The highest BCUT2D eigenvalue weighted by Crippen LogP contribution is 2.07. The van der Waals surface area contributed by atoms with Crippen LogP contribution in [-0.2, 0) is 0 Å². The number of aromatic nitrogens is 1. The molecule has 1 aromatic heterocycles. The van der Waals surface area contributed by atoms with E-state index in [1.807, 2.05) is 0 Å². The zero-order valence-electron chi connectivity index (χ0n) is 10.3. The molecule has 1 rings (SSSR count). The summed E-state index contributed by atoms with van der Waals surface area (Å²) in [7, 11) is 0. The van der Waals surface area contributed by atoms with Gasteiger partial charge in [-0.15, -0.1) is 0 Å². The van der Waals surface area contributed by atoms with Gasteiger partial charge in [-0.05, 0) is 26.1 Å². The smallest absolute Gasteiger partial charge is 0.357 e. The van der Waals surface area contributed by atoms with Crippen LogP contribution in [-0.4, -0.2) is 47.1 Å². The molecule has 1 aromatic rings. The first-order chi connectivity index (χ1) is 8.17. The number of oxazole rings is 1. The molecule has 0 amide bonds. The Morgan fingerprint density at radius 3 is 2.76 bits per heavy atom. The zero-order valence-corrected chi connectivity index (χ0v) is 10.3. The van der Waals surface area contributed by atoms with Crippen LogP contribution in [0.2, 0.25) is 0 Å². The van der Waals surface area contributed by atoms with Gasteiger partial charge in [0, 0.05) is 6.54 Å². The van der Waals surface area contributed by atoms with Gasteiger partial charge >= 0.3 is 5.97 Å². The molecule has 0 spiro atoms. The number of rotatable bonds is 8. The number of carboxylic acids is 1. The maximum Gasteiger partial charge on any atom is 0.357 e. The van der Waals surface area contributed by atoms with E-state index in [0.29, 0.717) is 0 Å². The maximum atomic E-state index is 10.6. The summed E-state index contributed by atoms with van der Waals surface area (Å²) in [6, 6.07) is 0.266. The SMILES string of the molecule is CCN(CC)CCCNc1nc(C(=O)O)co1. The molecule has 0 unspecified atom stereocenters. The van der Waals surface area contributed by atoms with E-state index in [4.69, 9.17) is 9.52 Å². The second-order valence-electron chi connectivity index (χ2n) is 3.65. The third-order valence-electron chi connectivity index (χ3n) is 2.55. The molecule has 0 saturated heterocycles. The van der Waals surface area contributed by atoms with Crippen molar-refractivity contribution < 1.29 is 14.3 Å². The van der Waals surface area contributed by atoms with E-state index in [1.54, 1.807) is 0 Å². The van der Waals surface area contributed by atoms with Crippen LogP contribution in [0.25, 0.3) is 0 Å². The molecule has 0 aliphatic heterocycles. The summed E-state index contributed by atoms with van der Waals surface area (Å²) in [5.41, 5.74) is -0.0729. The molecule has 0 fully saturated rings. The first-order valence-electron chi connectivity index (χ1n) is 5.82. The molecule has 0 aliphatic rings. The van der Waals surface area contributed by atoms with Gasteiger partial charge in [0.05, 0.1) is 0 Å². The van der Waals surface area contributed by atoms with Gasteiger partial charge in [-0.3, -0.25) is 0 Å². The van der Waals surface area contributed by atoms with Gasteiger partial charge in [0.1, 0.15) is 6.26 Å². The second kappa shape index (κ2) is 6.90. The van der Waals surface area contributed by atoms with Crippen LogP contribution in [0, 0.1) is 0 Å². The van der Waals surface area contributed by atoms with E-state index in [9.17, 15) is 4.79 Å². The van der Waals surface area contributed by atoms with E-state index >= 15 is 0 Å². The lowest BCUT2D eigenvalue weighted by Gasteiger charge is -2.17. The minimum Gasteiger partial charge on any atom is -0.476 e. The third kappa shape index (κ3) is 4.44. The van der Waals surface area contributed by atoms with Gasteiger partial charge in [-0.2, -0.15) is 4.98 Å². The van der Waals surface area contributed by atoms with Crippen molar-refractivity contribution in [3.05, 3.63) is 12.0 Å². The fourth-order valence-corrected chi connectivity index (χ4v) is 1.49. The van der Waals surface area contributed by atoms with Crippen LogP contribution in [0.1, 0.15) is 30.8 Å². The quantitative estimate of drug-likeness (QED) is 0.672. The average molecular weight is 241 g/mol. The summed E-state index contributed by atoms with van der Waals surface area (Å²) in [6.45, 7) is 8.06. The van der Waals surface area contributed by atoms with Gasteiger partial charge in [-0.1, -0.05) is 13.8 Å². The Bertz CT molecular complexity index is 347. The molecule has 17 heavy (non-hydrogen) atoms. The standard InChI is InChI=1S/C11H19N3O3/c1-3-14(4-2)7-5-6-12-11-13-9(8-17-11)10(15)16/h8H,3-7H2,1-2H3,(H,12,13)(H,15,16). The number of nitrogens with one attached hydrogen (secondary N) is 1. The van der Waals surface area contributed by atoms with E-state index in [2.05, 4.69) is 29.0 Å². The predicted octanol–water partition coefficient (Wildman–Crippen LogP) is 1.52. The van der Waals surface area contributed by atoms with E-state index < -0.39 is 5.97 Å². The second-order valence-corrected chi connectivity index (χ2v) is 3.65. The molecule has 0 saturated carbocycles. The fraction of sp³-hybridized carbons (Fsp3) is 0.636. The summed E-state index contributed by atoms with van der Waals surface area (Å²) < 4.78 is 4.97. The van der Waals surface area contributed by atoms with Gasteiger partial charge in [0.15, 0.2) is 5.69 Å². The number of hydrogen-bond acceptors (Lipinski definition) is 5. The highest BCUT2D eigenvalue weighted by molar-refractivity contribution is 5.85. The first-order valence-corrected chi connectivity index (χ1v) is 5.82. The molecule has 0 bridgehead atoms. The summed E-state index contributed by atoms with van der Waals surface area (Å²) in [6.07, 6.45) is 2.10. The lowest BCUT2D eigenvalue weighted by atomic mass is 10.3. The summed E-state index contributed by atoms with van der Waals surface area (Å²) in [5, 5.41) is 11.6. The highest BCUT2D eigenvalue weighted by atomic mass is 16.4. The number of hydrogen-bond donors (Lipinski definition) is 2. The Morgan fingerprint density at radius 2 is 2.24 bits per heavy atom. The van der Waals surface area contributed by atoms with Gasteiger partial charge in [-0.25, -0.2) is 4.79 Å². The van der Waals surface area contributed by atoms with E-state index in [-0.39, 0.29) is 11.7 Å². The van der Waals surface area contributed by atoms with Gasteiger partial charge in [0.25, 0.3) is 6.01 Å². The van der Waals surface area contributed by atoms with Gasteiger partial charge in [0.2, 0.25) is 0 Å². The molecular formula is C11H19N3O3. The Morgan fingerprint density at radius 1 is 1.53 bits per heavy atom. The molecule has 6 heteroatoms. The molecule has 6 nitrogen and oxygen atoms in total. The van der Waals surface area contributed by atoms with Gasteiger partial charge < -0.3 is 19.7 Å². The monoisotopic (exact) mass is 241 g/mol. The van der Waals surface area contributed by atoms with Crippen molar-refractivity contribution in [2.75, 3.05) is 31.5 Å². The van der Waals surface area contributed by atoms with Crippen molar-refractivity contribution in [2.24, 2.45) is 0 Å². The number of nitrogens with zero attached hydrogens (tertiary/aromatic N) is 2. The fourth-order valence-electron chi connectivity index (χ4n) is 1.49. The van der Waals surface area contributed by atoms with Crippen molar-refractivity contribution in [3.8, 4) is 0 Å². The summed E-state index contributed by atoms with van der Waals surface area (Å²) in [5.74, 6) is -1.08. The van der Waals surface area contributed by atoms with Crippen molar-refractivity contribution in [3.63, 3.8) is 0 Å². The largest absolute Gasteiger partial charge is 0.476 e. The summed E-state index contributed by atoms with van der Waals surface area (Å²) in [4.78, 5) is 16.6. The molecule has 0 aliphatic carbocycles. The molecular weight excluding hydrogens is 222 g/mol. The topological polar surface area (TPSA) is 78.6 Å². The van der Waals surface area contributed by atoms with E-state index in [1.165, 1.54) is 0 Å². The maximum absolute atomic E-state index is 10.6. The van der Waals surface area contributed by atoms with Crippen molar-refractivity contribution in [1.29, 1.82) is 0 Å². The van der Waals surface area contributed by atoms with Crippen LogP contribution < -0.4 is 5.32 Å². The summed E-state index contributed by atoms with van der Waals surface area (Å²) >= 11 is 0.